The normalized spacial score (nSPS) is 12.2. The van der Waals surface area contributed by atoms with E-state index in [4.69, 9.17) is 10.8 Å². The maximum atomic E-state index is 10.7. The lowest BCUT2D eigenvalue weighted by molar-refractivity contribution is -0.136. The molecule has 0 fully saturated rings. The summed E-state index contributed by atoms with van der Waals surface area (Å²) in [6.07, 6.45) is -0.0710. The predicted molar refractivity (Wildman–Crippen MR) is 38.9 cm³/mol. The number of hydrogen-bond acceptors (Lipinski definition) is 3. The Bertz CT molecular complexity index is 156. The van der Waals surface area contributed by atoms with Crippen molar-refractivity contribution in [1.82, 2.24) is 5.32 Å². The van der Waals surface area contributed by atoms with Crippen molar-refractivity contribution in [3.63, 3.8) is 0 Å². The molecule has 0 saturated carbocycles. The summed E-state index contributed by atoms with van der Waals surface area (Å²) in [7, 11) is 0. The van der Waals surface area contributed by atoms with Gasteiger partial charge in [0.1, 0.15) is 0 Å². The van der Waals surface area contributed by atoms with Gasteiger partial charge in [0.2, 0.25) is 5.91 Å². The summed E-state index contributed by atoms with van der Waals surface area (Å²) < 4.78 is 0. The van der Waals surface area contributed by atoms with Gasteiger partial charge in [-0.3, -0.25) is 9.59 Å². The van der Waals surface area contributed by atoms with E-state index < -0.39 is 12.0 Å². The first-order valence-electron chi connectivity index (χ1n) is 3.29. The van der Waals surface area contributed by atoms with Gasteiger partial charge < -0.3 is 16.2 Å². The predicted octanol–water partition coefficient (Wildman–Crippen LogP) is -1.08. The van der Waals surface area contributed by atoms with Gasteiger partial charge in [-0.2, -0.15) is 0 Å². The largest absolute Gasteiger partial charge is 0.481 e. The Balaban J connectivity index is 3.39. The second kappa shape index (κ2) is 4.68. The molecule has 0 aromatic carbocycles. The van der Waals surface area contributed by atoms with Crippen molar-refractivity contribution in [2.75, 3.05) is 6.54 Å². The first kappa shape index (κ1) is 9.90. The van der Waals surface area contributed by atoms with Crippen LogP contribution in [-0.2, 0) is 9.59 Å². The molecule has 0 aromatic rings. The Morgan fingerprint density at radius 1 is 1.64 bits per heavy atom. The molecule has 0 spiro atoms. The van der Waals surface area contributed by atoms with E-state index >= 15 is 0 Å². The Hall–Kier alpha value is -1.10. The molecule has 0 aliphatic carbocycles. The van der Waals surface area contributed by atoms with Gasteiger partial charge in [-0.15, -0.1) is 0 Å². The van der Waals surface area contributed by atoms with Gasteiger partial charge in [0.15, 0.2) is 0 Å². The Labute approximate surface area is 64.6 Å². The maximum absolute atomic E-state index is 10.7. The van der Waals surface area contributed by atoms with Gasteiger partial charge in [-0.25, -0.2) is 0 Å². The fraction of sp³-hybridized carbons (Fsp3) is 0.667. The van der Waals surface area contributed by atoms with E-state index in [1.165, 1.54) is 6.92 Å². The van der Waals surface area contributed by atoms with E-state index in [1.807, 2.05) is 0 Å². The highest BCUT2D eigenvalue weighted by Crippen LogP contribution is 1.78. The molecule has 0 saturated heterocycles. The Morgan fingerprint density at radius 2 is 2.18 bits per heavy atom. The highest BCUT2D eigenvalue weighted by atomic mass is 16.4. The first-order chi connectivity index (χ1) is 5.04. The van der Waals surface area contributed by atoms with E-state index in [-0.39, 0.29) is 18.9 Å². The third-order valence-electron chi connectivity index (χ3n) is 1.05. The van der Waals surface area contributed by atoms with Crippen molar-refractivity contribution in [3.8, 4) is 0 Å². The summed E-state index contributed by atoms with van der Waals surface area (Å²) in [5, 5.41) is 10.6. The van der Waals surface area contributed by atoms with Gasteiger partial charge in [0.25, 0.3) is 0 Å². The average Bonchev–Trinajstić information content (AvgIpc) is 1.86. The summed E-state index contributed by atoms with van der Waals surface area (Å²) in [6.45, 7) is 1.67. The van der Waals surface area contributed by atoms with E-state index in [9.17, 15) is 9.59 Å². The molecule has 0 unspecified atom stereocenters. The number of hydrogen-bond donors (Lipinski definition) is 3. The van der Waals surface area contributed by atoms with Crippen LogP contribution in [0.5, 0.6) is 0 Å². The molecule has 5 nitrogen and oxygen atoms in total. The van der Waals surface area contributed by atoms with E-state index in [0.29, 0.717) is 0 Å². The fourth-order valence-electron chi connectivity index (χ4n) is 0.454. The summed E-state index contributed by atoms with van der Waals surface area (Å²) in [6, 6.07) is -0.580. The highest BCUT2D eigenvalue weighted by molar-refractivity contribution is 5.81. The molecule has 0 heterocycles. The van der Waals surface area contributed by atoms with Gasteiger partial charge >= 0.3 is 5.97 Å². The lowest BCUT2D eigenvalue weighted by Crippen LogP contribution is -2.39. The molecule has 0 rings (SSSR count). The number of carboxylic acids is 1. The molecule has 0 aliphatic heterocycles. The van der Waals surface area contributed by atoms with Gasteiger partial charge in [0.05, 0.1) is 12.5 Å². The average molecular weight is 160 g/mol. The zero-order chi connectivity index (χ0) is 8.85. The van der Waals surface area contributed by atoms with Crippen LogP contribution in [0.15, 0.2) is 0 Å². The Kier molecular flexibility index (Phi) is 4.21. The smallest absolute Gasteiger partial charge is 0.305 e. The molecular weight excluding hydrogens is 148 g/mol. The van der Waals surface area contributed by atoms with Gasteiger partial charge in [0, 0.05) is 6.54 Å². The third-order valence-corrected chi connectivity index (χ3v) is 1.05. The van der Waals surface area contributed by atoms with Crippen molar-refractivity contribution >= 4 is 11.9 Å². The number of carbonyl (C=O) groups is 2. The number of carboxylic acid groups (broad SMARTS) is 1. The quantitative estimate of drug-likeness (QED) is 0.488. The number of aliphatic carboxylic acids is 1. The monoisotopic (exact) mass is 160 g/mol. The van der Waals surface area contributed by atoms with Crippen molar-refractivity contribution in [2.45, 2.75) is 19.4 Å². The number of nitrogens with two attached hydrogens (primary N) is 1. The minimum Gasteiger partial charge on any atom is -0.481 e. The third kappa shape index (κ3) is 5.35. The molecular formula is C6H12N2O3. The highest BCUT2D eigenvalue weighted by Gasteiger charge is 2.06. The standard InChI is InChI=1S/C6H12N2O3/c1-4(7)6(11)8-3-2-5(9)10/h4H,2-3,7H2,1H3,(H,8,11)(H,9,10)/t4-/m0/s1. The SMILES string of the molecule is C[C@H](N)C(=O)NCCC(=O)O. The summed E-state index contributed by atoms with van der Waals surface area (Å²) in [5.41, 5.74) is 5.19. The Morgan fingerprint density at radius 3 is 2.55 bits per heavy atom. The molecule has 0 bridgehead atoms. The summed E-state index contributed by atoms with van der Waals surface area (Å²) >= 11 is 0. The first-order valence-corrected chi connectivity index (χ1v) is 3.29. The molecule has 5 heteroatoms. The van der Waals surface area contributed by atoms with Crippen LogP contribution in [0.3, 0.4) is 0 Å². The molecule has 1 atom stereocenters. The maximum Gasteiger partial charge on any atom is 0.305 e. The van der Waals surface area contributed by atoms with Crippen LogP contribution >= 0.6 is 0 Å². The minimum absolute atomic E-state index is 0.0710. The fourth-order valence-corrected chi connectivity index (χ4v) is 0.454. The molecule has 4 N–H and O–H groups in total. The zero-order valence-corrected chi connectivity index (χ0v) is 6.33. The van der Waals surface area contributed by atoms with Crippen molar-refractivity contribution < 1.29 is 14.7 Å². The molecule has 0 radical (unpaired) electrons. The number of carbonyl (C=O) groups excluding carboxylic acids is 1. The van der Waals surface area contributed by atoms with Crippen LogP contribution in [0.25, 0.3) is 0 Å². The number of amides is 1. The number of nitrogens with one attached hydrogen (secondary N) is 1. The van der Waals surface area contributed by atoms with Crippen LogP contribution in [0.1, 0.15) is 13.3 Å². The molecule has 0 aromatic heterocycles. The van der Waals surface area contributed by atoms with Crippen LogP contribution in [0.2, 0.25) is 0 Å². The molecule has 1 amide bonds. The summed E-state index contributed by atoms with van der Waals surface area (Å²) in [4.78, 5) is 20.7. The topological polar surface area (TPSA) is 92.4 Å². The van der Waals surface area contributed by atoms with Crippen LogP contribution in [-0.4, -0.2) is 29.6 Å². The van der Waals surface area contributed by atoms with E-state index in [1.54, 1.807) is 0 Å². The molecule has 0 aliphatic rings. The lowest BCUT2D eigenvalue weighted by atomic mass is 10.3. The molecule has 11 heavy (non-hydrogen) atoms. The van der Waals surface area contributed by atoms with Crippen molar-refractivity contribution in [2.24, 2.45) is 5.73 Å². The minimum atomic E-state index is -0.935. The van der Waals surface area contributed by atoms with Crippen LogP contribution < -0.4 is 11.1 Å². The summed E-state index contributed by atoms with van der Waals surface area (Å²) in [5.74, 6) is -1.26. The van der Waals surface area contributed by atoms with Crippen molar-refractivity contribution in [3.05, 3.63) is 0 Å². The van der Waals surface area contributed by atoms with E-state index in [0.717, 1.165) is 0 Å². The second-order valence-corrected chi connectivity index (χ2v) is 2.22. The van der Waals surface area contributed by atoms with Gasteiger partial charge in [-0.1, -0.05) is 0 Å². The number of rotatable bonds is 4. The van der Waals surface area contributed by atoms with Crippen LogP contribution in [0, 0.1) is 0 Å². The van der Waals surface area contributed by atoms with Gasteiger partial charge in [-0.05, 0) is 6.92 Å². The van der Waals surface area contributed by atoms with Crippen molar-refractivity contribution in [1.29, 1.82) is 0 Å². The zero-order valence-electron chi connectivity index (χ0n) is 6.33. The second-order valence-electron chi connectivity index (χ2n) is 2.22. The molecule has 64 valence electrons. The lowest BCUT2D eigenvalue weighted by Gasteiger charge is -2.04. The van der Waals surface area contributed by atoms with Crippen LogP contribution in [0.4, 0.5) is 0 Å². The van der Waals surface area contributed by atoms with E-state index in [2.05, 4.69) is 5.32 Å².